The van der Waals surface area contributed by atoms with Crippen LogP contribution in [0.1, 0.15) is 6.92 Å². The average molecular weight is 328 g/mol. The molecule has 1 atom stereocenters. The molecule has 0 fully saturated rings. The van der Waals surface area contributed by atoms with Crippen molar-refractivity contribution in [1.29, 1.82) is 0 Å². The molecular formula is C18H20N2O4. The third kappa shape index (κ3) is 3.71. The van der Waals surface area contributed by atoms with E-state index in [0.717, 1.165) is 11.4 Å². The Hall–Kier alpha value is -2.89. The van der Waals surface area contributed by atoms with Gasteiger partial charge in [0.05, 0.1) is 7.11 Å². The molecule has 1 aliphatic heterocycles. The van der Waals surface area contributed by atoms with Gasteiger partial charge >= 0.3 is 0 Å². The van der Waals surface area contributed by atoms with Gasteiger partial charge in [-0.15, -0.1) is 0 Å². The van der Waals surface area contributed by atoms with Crippen molar-refractivity contribution in [3.05, 3.63) is 42.5 Å². The van der Waals surface area contributed by atoms with Gasteiger partial charge in [-0.05, 0) is 43.3 Å². The molecular weight excluding hydrogens is 308 g/mol. The number of carbonyl (C=O) groups excluding carboxylic acids is 1. The van der Waals surface area contributed by atoms with E-state index in [9.17, 15) is 4.79 Å². The molecule has 6 heteroatoms. The van der Waals surface area contributed by atoms with Crippen LogP contribution in [0.15, 0.2) is 42.5 Å². The van der Waals surface area contributed by atoms with Crippen molar-refractivity contribution in [3.8, 4) is 17.2 Å². The van der Waals surface area contributed by atoms with Gasteiger partial charge in [0.25, 0.3) is 0 Å². The maximum atomic E-state index is 12.3. The largest absolute Gasteiger partial charge is 0.497 e. The fraction of sp³-hybridized carbons (Fsp3) is 0.278. The number of benzene rings is 2. The van der Waals surface area contributed by atoms with Gasteiger partial charge in [-0.1, -0.05) is 0 Å². The zero-order valence-electron chi connectivity index (χ0n) is 13.7. The summed E-state index contributed by atoms with van der Waals surface area (Å²) in [6.45, 7) is 2.86. The van der Waals surface area contributed by atoms with Crippen molar-refractivity contribution in [2.75, 3.05) is 31.0 Å². The normalized spacial score (nSPS) is 13.8. The number of methoxy groups -OCH3 is 1. The van der Waals surface area contributed by atoms with Crippen molar-refractivity contribution in [3.63, 3.8) is 0 Å². The van der Waals surface area contributed by atoms with E-state index in [1.54, 1.807) is 32.2 Å². The highest BCUT2D eigenvalue weighted by Crippen LogP contribution is 2.32. The zero-order valence-corrected chi connectivity index (χ0v) is 13.7. The summed E-state index contributed by atoms with van der Waals surface area (Å²) in [7, 11) is 1.62. The number of nitrogens with one attached hydrogen (secondary N) is 2. The number of amides is 1. The molecule has 1 heterocycles. The summed E-state index contributed by atoms with van der Waals surface area (Å²) in [4.78, 5) is 12.3. The molecule has 1 aliphatic rings. The molecule has 2 aromatic carbocycles. The molecule has 0 saturated carbocycles. The van der Waals surface area contributed by atoms with Crippen LogP contribution in [0.3, 0.4) is 0 Å². The Kier molecular flexibility index (Phi) is 4.74. The van der Waals surface area contributed by atoms with Crippen LogP contribution < -0.4 is 24.8 Å². The molecule has 2 N–H and O–H groups in total. The molecule has 2 aromatic rings. The summed E-state index contributed by atoms with van der Waals surface area (Å²) in [6.07, 6.45) is 0. The van der Waals surface area contributed by atoms with Gasteiger partial charge in [0, 0.05) is 17.4 Å². The number of rotatable bonds is 5. The lowest BCUT2D eigenvalue weighted by molar-refractivity contribution is -0.116. The Balaban J connectivity index is 1.61. The Morgan fingerprint density at radius 2 is 1.71 bits per heavy atom. The van der Waals surface area contributed by atoms with Gasteiger partial charge in [-0.3, -0.25) is 4.79 Å². The second kappa shape index (κ2) is 7.12. The summed E-state index contributed by atoms with van der Waals surface area (Å²) in [6, 6.07) is 12.4. The molecule has 0 spiro atoms. The lowest BCUT2D eigenvalue weighted by atomic mass is 10.2. The molecule has 0 aliphatic carbocycles. The van der Waals surface area contributed by atoms with Gasteiger partial charge in [-0.2, -0.15) is 0 Å². The van der Waals surface area contributed by atoms with Crippen molar-refractivity contribution >= 4 is 17.3 Å². The van der Waals surface area contributed by atoms with Crippen LogP contribution in [0, 0.1) is 0 Å². The highest BCUT2D eigenvalue weighted by Gasteiger charge is 2.16. The summed E-state index contributed by atoms with van der Waals surface area (Å²) < 4.78 is 16.1. The summed E-state index contributed by atoms with van der Waals surface area (Å²) >= 11 is 0. The van der Waals surface area contributed by atoms with Crippen LogP contribution >= 0.6 is 0 Å². The standard InChI is InChI=1S/C18H20N2O4/c1-12(19-13-3-6-15(22-2)7-4-13)18(21)20-14-5-8-16-17(11-14)24-10-9-23-16/h3-8,11-12,19H,9-10H2,1-2H3,(H,20,21)/t12-/m0/s1. The quantitative estimate of drug-likeness (QED) is 0.883. The number of ether oxygens (including phenoxy) is 3. The predicted molar refractivity (Wildman–Crippen MR) is 92.1 cm³/mol. The van der Waals surface area contributed by atoms with E-state index in [-0.39, 0.29) is 5.91 Å². The predicted octanol–water partition coefficient (Wildman–Crippen LogP) is 2.91. The van der Waals surface area contributed by atoms with Crippen molar-refractivity contribution in [2.24, 2.45) is 0 Å². The van der Waals surface area contributed by atoms with E-state index >= 15 is 0 Å². The first-order valence-corrected chi connectivity index (χ1v) is 7.77. The summed E-state index contributed by atoms with van der Waals surface area (Å²) in [5.41, 5.74) is 1.52. The molecule has 24 heavy (non-hydrogen) atoms. The van der Waals surface area contributed by atoms with Crippen LogP contribution in [0.4, 0.5) is 11.4 Å². The Bertz CT molecular complexity index is 715. The lowest BCUT2D eigenvalue weighted by Gasteiger charge is -2.20. The van der Waals surface area contributed by atoms with Gasteiger partial charge in [0.2, 0.25) is 5.91 Å². The Labute approximate surface area is 140 Å². The SMILES string of the molecule is COc1ccc(N[C@@H](C)C(=O)Nc2ccc3c(c2)OCCO3)cc1. The minimum absolute atomic E-state index is 0.137. The second-order valence-corrected chi connectivity index (χ2v) is 5.44. The van der Waals surface area contributed by atoms with E-state index in [4.69, 9.17) is 14.2 Å². The highest BCUT2D eigenvalue weighted by molar-refractivity contribution is 5.96. The van der Waals surface area contributed by atoms with E-state index in [1.165, 1.54) is 0 Å². The molecule has 1 amide bonds. The first-order valence-electron chi connectivity index (χ1n) is 7.77. The molecule has 0 saturated heterocycles. The number of fused-ring (bicyclic) bond motifs is 1. The van der Waals surface area contributed by atoms with Gasteiger partial charge in [0.1, 0.15) is 25.0 Å². The van der Waals surface area contributed by atoms with Crippen molar-refractivity contribution in [1.82, 2.24) is 0 Å². The monoisotopic (exact) mass is 328 g/mol. The smallest absolute Gasteiger partial charge is 0.246 e. The van der Waals surface area contributed by atoms with Crippen LogP contribution in [0.2, 0.25) is 0 Å². The minimum Gasteiger partial charge on any atom is -0.497 e. The maximum Gasteiger partial charge on any atom is 0.246 e. The van der Waals surface area contributed by atoms with E-state index in [2.05, 4.69) is 10.6 Å². The number of anilines is 2. The van der Waals surface area contributed by atoms with Crippen molar-refractivity contribution < 1.29 is 19.0 Å². The molecule has 0 bridgehead atoms. The first-order chi connectivity index (χ1) is 11.7. The lowest BCUT2D eigenvalue weighted by Crippen LogP contribution is -2.31. The van der Waals surface area contributed by atoms with E-state index < -0.39 is 6.04 Å². The molecule has 3 rings (SSSR count). The van der Waals surface area contributed by atoms with Crippen LogP contribution in [0.25, 0.3) is 0 Å². The van der Waals surface area contributed by atoms with Crippen molar-refractivity contribution in [2.45, 2.75) is 13.0 Å². The molecule has 0 unspecified atom stereocenters. The molecule has 0 radical (unpaired) electrons. The van der Waals surface area contributed by atoms with Crippen LogP contribution in [0.5, 0.6) is 17.2 Å². The van der Waals surface area contributed by atoms with Crippen LogP contribution in [-0.4, -0.2) is 32.3 Å². The van der Waals surface area contributed by atoms with E-state index in [0.29, 0.717) is 30.4 Å². The van der Waals surface area contributed by atoms with Gasteiger partial charge < -0.3 is 24.8 Å². The van der Waals surface area contributed by atoms with Crippen LogP contribution in [-0.2, 0) is 4.79 Å². The maximum absolute atomic E-state index is 12.3. The molecule has 6 nitrogen and oxygen atoms in total. The molecule has 0 aromatic heterocycles. The highest BCUT2D eigenvalue weighted by atomic mass is 16.6. The average Bonchev–Trinajstić information content (AvgIpc) is 2.62. The number of carbonyl (C=O) groups is 1. The first kappa shape index (κ1) is 16.0. The summed E-state index contributed by atoms with van der Waals surface area (Å²) in [5, 5.41) is 6.02. The summed E-state index contributed by atoms with van der Waals surface area (Å²) in [5.74, 6) is 1.98. The third-order valence-corrected chi connectivity index (χ3v) is 3.68. The Morgan fingerprint density at radius 1 is 1.04 bits per heavy atom. The van der Waals surface area contributed by atoms with Gasteiger partial charge in [0.15, 0.2) is 11.5 Å². The fourth-order valence-electron chi connectivity index (χ4n) is 2.37. The number of hydrogen-bond donors (Lipinski definition) is 2. The second-order valence-electron chi connectivity index (χ2n) is 5.44. The zero-order chi connectivity index (χ0) is 16.9. The molecule has 126 valence electrons. The minimum atomic E-state index is -0.397. The number of hydrogen-bond acceptors (Lipinski definition) is 5. The van der Waals surface area contributed by atoms with Gasteiger partial charge in [-0.25, -0.2) is 0 Å². The Morgan fingerprint density at radius 3 is 2.42 bits per heavy atom. The fourth-order valence-corrected chi connectivity index (χ4v) is 2.37. The third-order valence-electron chi connectivity index (χ3n) is 3.68. The van der Waals surface area contributed by atoms with E-state index in [1.807, 2.05) is 24.3 Å². The topological polar surface area (TPSA) is 68.8 Å².